The molecule has 0 saturated heterocycles. The average molecular weight is 185 g/mol. The van der Waals surface area contributed by atoms with E-state index in [1.54, 1.807) is 25.1 Å². The summed E-state index contributed by atoms with van der Waals surface area (Å²) in [6, 6.07) is 6.26. The standard InChI is InChI=1S/C10H13F2N/c1-2-8(11)7-13-10-6-4-3-5-9(10)12/h3-6,8,13H,2,7H2,1H3. The first-order valence-electron chi connectivity index (χ1n) is 4.36. The summed E-state index contributed by atoms with van der Waals surface area (Å²) in [7, 11) is 0. The highest BCUT2D eigenvalue weighted by Crippen LogP contribution is 2.12. The molecule has 72 valence electrons. The molecule has 0 spiro atoms. The predicted octanol–water partition coefficient (Wildman–Crippen LogP) is 2.99. The Bertz CT molecular complexity index is 263. The van der Waals surface area contributed by atoms with E-state index in [1.165, 1.54) is 6.07 Å². The van der Waals surface area contributed by atoms with Crippen LogP contribution in [0.2, 0.25) is 0 Å². The molecular weight excluding hydrogens is 172 g/mol. The molecule has 1 unspecified atom stereocenters. The van der Waals surface area contributed by atoms with Gasteiger partial charge in [-0.2, -0.15) is 0 Å². The zero-order valence-corrected chi connectivity index (χ0v) is 7.56. The van der Waals surface area contributed by atoms with Crippen LogP contribution in [0.1, 0.15) is 13.3 Å². The first-order chi connectivity index (χ1) is 6.24. The van der Waals surface area contributed by atoms with Crippen molar-refractivity contribution in [3.63, 3.8) is 0 Å². The number of hydrogen-bond acceptors (Lipinski definition) is 1. The third kappa shape index (κ3) is 3.01. The fourth-order valence-corrected chi connectivity index (χ4v) is 0.970. The van der Waals surface area contributed by atoms with Crippen LogP contribution in [0, 0.1) is 5.82 Å². The predicted molar refractivity (Wildman–Crippen MR) is 50.1 cm³/mol. The van der Waals surface area contributed by atoms with E-state index in [4.69, 9.17) is 0 Å². The largest absolute Gasteiger partial charge is 0.380 e. The molecule has 0 saturated carbocycles. The van der Waals surface area contributed by atoms with Crippen LogP contribution in [0.25, 0.3) is 0 Å². The van der Waals surface area contributed by atoms with Gasteiger partial charge in [0.05, 0.1) is 5.69 Å². The second-order valence-electron chi connectivity index (χ2n) is 2.87. The number of benzene rings is 1. The number of nitrogens with one attached hydrogen (secondary N) is 1. The van der Waals surface area contributed by atoms with E-state index in [2.05, 4.69) is 5.32 Å². The van der Waals surface area contributed by atoms with Crippen molar-refractivity contribution >= 4 is 5.69 Å². The van der Waals surface area contributed by atoms with Gasteiger partial charge in [0, 0.05) is 6.54 Å². The van der Waals surface area contributed by atoms with E-state index < -0.39 is 6.17 Å². The SMILES string of the molecule is CCC(F)CNc1ccccc1F. The summed E-state index contributed by atoms with van der Waals surface area (Å²) in [5.41, 5.74) is 0.360. The Kier molecular flexibility index (Phi) is 3.68. The molecule has 1 atom stereocenters. The number of para-hydroxylation sites is 1. The van der Waals surface area contributed by atoms with Crippen LogP contribution in [0.3, 0.4) is 0 Å². The molecule has 0 amide bonds. The topological polar surface area (TPSA) is 12.0 Å². The molecule has 0 bridgehead atoms. The Balaban J connectivity index is 2.50. The van der Waals surface area contributed by atoms with Crippen LogP contribution >= 0.6 is 0 Å². The molecule has 3 heteroatoms. The second-order valence-corrected chi connectivity index (χ2v) is 2.87. The maximum Gasteiger partial charge on any atom is 0.146 e. The van der Waals surface area contributed by atoms with Gasteiger partial charge < -0.3 is 5.32 Å². The van der Waals surface area contributed by atoms with Gasteiger partial charge in [-0.3, -0.25) is 0 Å². The summed E-state index contributed by atoms with van der Waals surface area (Å²) in [6.45, 7) is 1.92. The van der Waals surface area contributed by atoms with Gasteiger partial charge in [0.1, 0.15) is 12.0 Å². The maximum absolute atomic E-state index is 13.0. The van der Waals surface area contributed by atoms with E-state index in [0.717, 1.165) is 0 Å². The Morgan fingerprint density at radius 2 is 2.08 bits per heavy atom. The van der Waals surface area contributed by atoms with E-state index in [1.807, 2.05) is 0 Å². The van der Waals surface area contributed by atoms with Crippen molar-refractivity contribution in [3.8, 4) is 0 Å². The molecule has 0 aliphatic carbocycles. The van der Waals surface area contributed by atoms with Crippen LogP contribution in [0.4, 0.5) is 14.5 Å². The maximum atomic E-state index is 13.0. The summed E-state index contributed by atoms with van der Waals surface area (Å²) in [5.74, 6) is -0.342. The minimum absolute atomic E-state index is 0.164. The van der Waals surface area contributed by atoms with Gasteiger partial charge in [-0.25, -0.2) is 8.78 Å². The fraction of sp³-hybridized carbons (Fsp3) is 0.400. The van der Waals surface area contributed by atoms with Crippen molar-refractivity contribution in [2.75, 3.05) is 11.9 Å². The quantitative estimate of drug-likeness (QED) is 0.760. The number of hydrogen-bond donors (Lipinski definition) is 1. The average Bonchev–Trinajstić information content (AvgIpc) is 2.16. The van der Waals surface area contributed by atoms with Crippen LogP contribution in [-0.2, 0) is 0 Å². The Hall–Kier alpha value is -1.12. The van der Waals surface area contributed by atoms with Gasteiger partial charge >= 0.3 is 0 Å². The molecule has 0 aromatic heterocycles. The van der Waals surface area contributed by atoms with Gasteiger partial charge in [0.2, 0.25) is 0 Å². The number of halogens is 2. The lowest BCUT2D eigenvalue weighted by molar-refractivity contribution is 0.340. The van der Waals surface area contributed by atoms with E-state index in [0.29, 0.717) is 12.1 Å². The van der Waals surface area contributed by atoms with Crippen molar-refractivity contribution in [2.45, 2.75) is 19.5 Å². The Labute approximate surface area is 76.8 Å². The van der Waals surface area contributed by atoms with Crippen LogP contribution < -0.4 is 5.32 Å². The number of alkyl halides is 1. The van der Waals surface area contributed by atoms with E-state index in [9.17, 15) is 8.78 Å². The lowest BCUT2D eigenvalue weighted by Gasteiger charge is -2.09. The molecule has 0 aliphatic rings. The van der Waals surface area contributed by atoms with Crippen molar-refractivity contribution in [3.05, 3.63) is 30.1 Å². The zero-order chi connectivity index (χ0) is 9.68. The lowest BCUT2D eigenvalue weighted by Crippen LogP contribution is -2.14. The number of anilines is 1. The zero-order valence-electron chi connectivity index (χ0n) is 7.56. The molecule has 13 heavy (non-hydrogen) atoms. The number of rotatable bonds is 4. The van der Waals surface area contributed by atoms with Crippen LogP contribution in [-0.4, -0.2) is 12.7 Å². The molecule has 0 radical (unpaired) electrons. The summed E-state index contributed by atoms with van der Waals surface area (Å²) in [5, 5.41) is 2.71. The summed E-state index contributed by atoms with van der Waals surface area (Å²) in [4.78, 5) is 0. The molecule has 1 rings (SSSR count). The van der Waals surface area contributed by atoms with Crippen LogP contribution in [0.15, 0.2) is 24.3 Å². The van der Waals surface area contributed by atoms with Crippen molar-refractivity contribution in [1.82, 2.24) is 0 Å². The van der Waals surface area contributed by atoms with E-state index >= 15 is 0 Å². The lowest BCUT2D eigenvalue weighted by atomic mass is 10.2. The molecule has 0 heterocycles. The summed E-state index contributed by atoms with van der Waals surface area (Å²) >= 11 is 0. The fourth-order valence-electron chi connectivity index (χ4n) is 0.970. The van der Waals surface area contributed by atoms with Gasteiger partial charge in [-0.05, 0) is 18.6 Å². The Morgan fingerprint density at radius 1 is 1.38 bits per heavy atom. The second kappa shape index (κ2) is 4.80. The molecule has 0 fully saturated rings. The first kappa shape index (κ1) is 9.96. The minimum Gasteiger partial charge on any atom is -0.380 e. The van der Waals surface area contributed by atoms with Gasteiger partial charge in [-0.15, -0.1) is 0 Å². The third-order valence-corrected chi connectivity index (χ3v) is 1.83. The highest BCUT2D eigenvalue weighted by Gasteiger charge is 2.04. The molecule has 1 nitrogen and oxygen atoms in total. The first-order valence-corrected chi connectivity index (χ1v) is 4.36. The molecule has 0 aliphatic heterocycles. The minimum atomic E-state index is -0.917. The van der Waals surface area contributed by atoms with E-state index in [-0.39, 0.29) is 12.4 Å². The van der Waals surface area contributed by atoms with Gasteiger partial charge in [0.25, 0.3) is 0 Å². The summed E-state index contributed by atoms with van der Waals surface area (Å²) in [6.07, 6.45) is -0.471. The van der Waals surface area contributed by atoms with Crippen molar-refractivity contribution < 1.29 is 8.78 Å². The van der Waals surface area contributed by atoms with Crippen LogP contribution in [0.5, 0.6) is 0 Å². The van der Waals surface area contributed by atoms with Crippen molar-refractivity contribution in [1.29, 1.82) is 0 Å². The third-order valence-electron chi connectivity index (χ3n) is 1.83. The van der Waals surface area contributed by atoms with Gasteiger partial charge in [-0.1, -0.05) is 19.1 Å². The smallest absolute Gasteiger partial charge is 0.146 e. The Morgan fingerprint density at radius 3 is 2.69 bits per heavy atom. The summed E-state index contributed by atoms with van der Waals surface area (Å²) < 4.78 is 25.7. The molecule has 1 aromatic carbocycles. The molecule has 1 aromatic rings. The molecule has 1 N–H and O–H groups in total. The highest BCUT2D eigenvalue weighted by molar-refractivity contribution is 5.44. The normalized spacial score (nSPS) is 12.5. The molecular formula is C10H13F2N. The highest BCUT2D eigenvalue weighted by atomic mass is 19.1. The monoisotopic (exact) mass is 185 g/mol. The van der Waals surface area contributed by atoms with Gasteiger partial charge in [0.15, 0.2) is 0 Å². The van der Waals surface area contributed by atoms with Crippen molar-refractivity contribution in [2.24, 2.45) is 0 Å².